The number of hydrogen-bond acceptors (Lipinski definition) is 0. The van der Waals surface area contributed by atoms with Crippen LogP contribution in [0.5, 0.6) is 0 Å². The van der Waals surface area contributed by atoms with E-state index in [0.717, 1.165) is 11.3 Å². The largest absolute Gasteiger partial charge is 0.308 e. The van der Waals surface area contributed by atoms with Gasteiger partial charge in [0, 0.05) is 23.3 Å². The van der Waals surface area contributed by atoms with E-state index in [4.69, 9.17) is 0 Å². The molecule has 2 aromatic heterocycles. The van der Waals surface area contributed by atoms with Crippen LogP contribution in [-0.4, -0.2) is 0 Å². The number of nitrogens with zero attached hydrogens (tertiary/aromatic N) is 2. The molecule has 0 aliphatic rings. The molecule has 0 spiro atoms. The molecule has 0 radical (unpaired) electrons. The van der Waals surface area contributed by atoms with Gasteiger partial charge in [0.25, 0.3) is 0 Å². The summed E-state index contributed by atoms with van der Waals surface area (Å²) >= 11 is 0. The van der Waals surface area contributed by atoms with Crippen molar-refractivity contribution in [1.29, 1.82) is 0 Å². The Bertz CT molecular complexity index is 624. The Morgan fingerprint density at radius 2 is 1.69 bits per heavy atom. The van der Waals surface area contributed by atoms with Crippen LogP contribution < -0.4 is 9.55 Å². The minimum Gasteiger partial charge on any atom is -0.308 e. The van der Waals surface area contributed by atoms with Crippen LogP contribution in [0.4, 0.5) is 0 Å². The van der Waals surface area contributed by atoms with Gasteiger partial charge in [0.2, 0.25) is 0 Å². The van der Waals surface area contributed by atoms with Crippen LogP contribution >= 0.6 is 0 Å². The maximum atomic E-state index is 4.65. The van der Waals surface area contributed by atoms with Crippen molar-refractivity contribution in [3.05, 3.63) is 60.4 Å². The quantitative estimate of drug-likeness (QED) is 0.561. The fourth-order valence-corrected chi connectivity index (χ4v) is 2.00. The van der Waals surface area contributed by atoms with Gasteiger partial charge in [-0.15, -0.1) is 0 Å². The summed E-state index contributed by atoms with van der Waals surface area (Å²) in [6.07, 6.45) is 4.04. The van der Waals surface area contributed by atoms with Gasteiger partial charge in [0.15, 0.2) is 0 Å². The van der Waals surface area contributed by atoms with Gasteiger partial charge >= 0.3 is 0 Å². The first-order valence-electron chi connectivity index (χ1n) is 5.35. The number of fused-ring (bicyclic) bond motifs is 1. The van der Waals surface area contributed by atoms with Crippen molar-refractivity contribution in [1.82, 2.24) is 4.98 Å². The second-order valence-electron chi connectivity index (χ2n) is 3.86. The van der Waals surface area contributed by atoms with Gasteiger partial charge in [-0.05, 0) is 25.1 Å². The second-order valence-corrected chi connectivity index (χ2v) is 3.86. The Morgan fingerprint density at radius 3 is 2.44 bits per heavy atom. The standard InChI is InChI=1S/C14H12N2/c1-11-12-7-3-4-8-13(12)15-14(11)16-9-5-2-6-10-16/h2-10H,1H3. The summed E-state index contributed by atoms with van der Waals surface area (Å²) in [6.45, 7) is 2.12. The lowest BCUT2D eigenvalue weighted by molar-refractivity contribution is -0.600. The number of hydrogen-bond donors (Lipinski definition) is 0. The Hall–Kier alpha value is -2.09. The highest BCUT2D eigenvalue weighted by Gasteiger charge is 2.08. The molecule has 0 aliphatic heterocycles. The van der Waals surface area contributed by atoms with Crippen molar-refractivity contribution < 1.29 is 4.57 Å². The van der Waals surface area contributed by atoms with Gasteiger partial charge in [-0.1, -0.05) is 24.3 Å². The van der Waals surface area contributed by atoms with Crippen molar-refractivity contribution in [2.24, 2.45) is 0 Å². The highest BCUT2D eigenvalue weighted by atomic mass is 15.0. The first kappa shape index (κ1) is 9.16. The van der Waals surface area contributed by atoms with Crippen molar-refractivity contribution >= 4 is 10.9 Å². The third kappa shape index (κ3) is 1.31. The van der Waals surface area contributed by atoms with Crippen LogP contribution in [0.25, 0.3) is 16.7 Å². The van der Waals surface area contributed by atoms with Gasteiger partial charge in [0.1, 0.15) is 5.82 Å². The fraction of sp³-hybridized carbons (Fsp3) is 0.0714. The van der Waals surface area contributed by atoms with Crippen molar-refractivity contribution in [2.75, 3.05) is 0 Å². The predicted octanol–water partition coefficient (Wildman–Crippen LogP) is 2.38. The lowest BCUT2D eigenvalue weighted by Crippen LogP contribution is -2.30. The molecule has 0 N–H and O–H groups in total. The van der Waals surface area contributed by atoms with Gasteiger partial charge < -0.3 is 4.57 Å². The molecule has 3 aromatic rings. The van der Waals surface area contributed by atoms with E-state index in [0.29, 0.717) is 0 Å². The first-order valence-corrected chi connectivity index (χ1v) is 5.35. The highest BCUT2D eigenvalue weighted by molar-refractivity contribution is 5.85. The number of rotatable bonds is 1. The topological polar surface area (TPSA) is 18.0 Å². The van der Waals surface area contributed by atoms with E-state index in [-0.39, 0.29) is 0 Å². The van der Waals surface area contributed by atoms with Crippen LogP contribution in [0.1, 0.15) is 5.56 Å². The summed E-state index contributed by atoms with van der Waals surface area (Å²) in [6, 6.07) is 14.3. The summed E-state index contributed by atoms with van der Waals surface area (Å²) in [4.78, 5) is 4.65. The molecule has 0 atom stereocenters. The van der Waals surface area contributed by atoms with Crippen LogP contribution in [0.2, 0.25) is 0 Å². The van der Waals surface area contributed by atoms with E-state index in [1.807, 2.05) is 36.7 Å². The highest BCUT2D eigenvalue weighted by Crippen LogP contribution is 2.19. The average Bonchev–Trinajstić information content (AvgIpc) is 2.69. The van der Waals surface area contributed by atoms with Gasteiger partial charge in [0.05, 0.1) is 5.52 Å². The third-order valence-corrected chi connectivity index (χ3v) is 2.83. The Kier molecular flexibility index (Phi) is 2.00. The molecule has 0 aliphatic carbocycles. The van der Waals surface area contributed by atoms with Crippen LogP contribution in [0.15, 0.2) is 54.9 Å². The number of aryl methyl sites for hydroxylation is 1. The maximum Gasteiger partial charge on any atom is 0.140 e. The zero-order valence-electron chi connectivity index (χ0n) is 9.09. The molecule has 2 heteroatoms. The number of para-hydroxylation sites is 1. The molecule has 78 valence electrons. The summed E-state index contributed by atoms with van der Waals surface area (Å²) in [7, 11) is 0. The summed E-state index contributed by atoms with van der Waals surface area (Å²) in [5.41, 5.74) is 2.29. The second kappa shape index (κ2) is 3.49. The SMILES string of the molecule is Cc1c(-[n+]2ccccc2)[n-]c2ccccc12. The Morgan fingerprint density at radius 1 is 0.938 bits per heavy atom. The number of aromatic nitrogens is 2. The van der Waals surface area contributed by atoms with E-state index in [1.165, 1.54) is 10.9 Å². The Balaban J connectivity index is 2.29. The van der Waals surface area contributed by atoms with Crippen LogP contribution in [0, 0.1) is 6.92 Å². The van der Waals surface area contributed by atoms with E-state index in [9.17, 15) is 0 Å². The molecule has 0 unspecified atom stereocenters. The van der Waals surface area contributed by atoms with E-state index < -0.39 is 0 Å². The zero-order chi connectivity index (χ0) is 11.0. The molecule has 0 saturated carbocycles. The molecule has 0 saturated heterocycles. The van der Waals surface area contributed by atoms with Crippen LogP contribution in [0.3, 0.4) is 0 Å². The van der Waals surface area contributed by atoms with Crippen molar-refractivity contribution in [3.63, 3.8) is 0 Å². The lowest BCUT2D eigenvalue weighted by atomic mass is 10.2. The van der Waals surface area contributed by atoms with Crippen molar-refractivity contribution in [3.8, 4) is 5.82 Å². The molecular weight excluding hydrogens is 196 g/mol. The minimum absolute atomic E-state index is 1.02. The molecule has 1 aromatic carbocycles. The van der Waals surface area contributed by atoms with Gasteiger partial charge in [-0.3, -0.25) is 0 Å². The monoisotopic (exact) mass is 208 g/mol. The normalized spacial score (nSPS) is 10.8. The molecule has 0 amide bonds. The maximum absolute atomic E-state index is 4.65. The molecule has 16 heavy (non-hydrogen) atoms. The third-order valence-electron chi connectivity index (χ3n) is 2.83. The zero-order valence-corrected chi connectivity index (χ0v) is 9.09. The van der Waals surface area contributed by atoms with E-state index >= 15 is 0 Å². The molecule has 0 bridgehead atoms. The summed E-state index contributed by atoms with van der Waals surface area (Å²) in [5, 5.41) is 1.23. The number of pyridine rings is 1. The molecule has 0 fully saturated rings. The lowest BCUT2D eigenvalue weighted by Gasteiger charge is -2.02. The van der Waals surface area contributed by atoms with E-state index in [2.05, 4.69) is 34.7 Å². The molecule has 2 heterocycles. The molecular formula is C14H12N2. The summed E-state index contributed by atoms with van der Waals surface area (Å²) < 4.78 is 2.05. The van der Waals surface area contributed by atoms with E-state index in [1.54, 1.807) is 0 Å². The predicted molar refractivity (Wildman–Crippen MR) is 63.5 cm³/mol. The average molecular weight is 208 g/mol. The van der Waals surface area contributed by atoms with Crippen molar-refractivity contribution in [2.45, 2.75) is 6.92 Å². The summed E-state index contributed by atoms with van der Waals surface area (Å²) in [5.74, 6) is 1.02. The molecule has 2 nitrogen and oxygen atoms in total. The Labute approximate surface area is 94.2 Å². The number of benzene rings is 1. The first-order chi connectivity index (χ1) is 7.86. The van der Waals surface area contributed by atoms with Gasteiger partial charge in [-0.25, -0.2) is 4.98 Å². The van der Waals surface area contributed by atoms with Crippen LogP contribution in [-0.2, 0) is 0 Å². The van der Waals surface area contributed by atoms with Gasteiger partial charge in [-0.2, -0.15) is 0 Å². The smallest absolute Gasteiger partial charge is 0.140 e. The minimum atomic E-state index is 1.02. The fourth-order valence-electron chi connectivity index (χ4n) is 2.00. The molecule has 3 rings (SSSR count).